The fourth-order valence-corrected chi connectivity index (χ4v) is 5.69. The lowest BCUT2D eigenvalue weighted by Gasteiger charge is -2.33. The Bertz CT molecular complexity index is 1420. The van der Waals surface area contributed by atoms with Crippen molar-refractivity contribution < 1.29 is 22.7 Å². The number of anilines is 1. The second-order valence-electron chi connectivity index (χ2n) is 9.98. The number of benzene rings is 3. The molecule has 40 heavy (non-hydrogen) atoms. The van der Waals surface area contributed by atoms with E-state index in [2.05, 4.69) is 5.32 Å². The van der Waals surface area contributed by atoms with Gasteiger partial charge in [0.05, 0.1) is 17.7 Å². The number of hydrogen-bond donors (Lipinski definition) is 1. The third kappa shape index (κ3) is 7.41. The number of sulfonamides is 1. The Morgan fingerprint density at radius 2 is 1.62 bits per heavy atom. The number of hydrogen-bond acceptors (Lipinski definition) is 5. The van der Waals surface area contributed by atoms with Gasteiger partial charge in [0.1, 0.15) is 18.3 Å². The first-order valence-corrected chi connectivity index (χ1v) is 14.8. The number of aryl methyl sites for hydroxylation is 2. The Morgan fingerprint density at radius 3 is 2.25 bits per heavy atom. The summed E-state index contributed by atoms with van der Waals surface area (Å²) in [6, 6.07) is 19.9. The molecule has 0 radical (unpaired) electrons. The van der Waals surface area contributed by atoms with Crippen molar-refractivity contribution in [2.75, 3.05) is 18.0 Å². The van der Waals surface area contributed by atoms with Gasteiger partial charge < -0.3 is 15.0 Å². The van der Waals surface area contributed by atoms with Gasteiger partial charge in [-0.25, -0.2) is 8.42 Å². The number of nitrogens with zero attached hydrogens (tertiary/aromatic N) is 2. The summed E-state index contributed by atoms with van der Waals surface area (Å²) in [6.45, 7) is 8.80. The summed E-state index contributed by atoms with van der Waals surface area (Å²) in [5.74, 6) is -0.201. The van der Waals surface area contributed by atoms with Crippen LogP contribution in [0.4, 0.5) is 5.69 Å². The van der Waals surface area contributed by atoms with Gasteiger partial charge >= 0.3 is 0 Å². The Balaban J connectivity index is 2.04. The van der Waals surface area contributed by atoms with E-state index in [0.29, 0.717) is 17.0 Å². The fourth-order valence-electron chi connectivity index (χ4n) is 4.21. The maximum Gasteiger partial charge on any atom is 0.264 e. The summed E-state index contributed by atoms with van der Waals surface area (Å²) in [7, 11) is -2.55. The van der Waals surface area contributed by atoms with Crippen molar-refractivity contribution in [2.45, 2.75) is 64.6 Å². The number of carbonyl (C=O) groups excluding carboxylic acids is 2. The van der Waals surface area contributed by atoms with Crippen LogP contribution in [-0.2, 0) is 26.2 Å². The average molecular weight is 566 g/mol. The van der Waals surface area contributed by atoms with Crippen molar-refractivity contribution in [2.24, 2.45) is 0 Å². The lowest BCUT2D eigenvalue weighted by Crippen LogP contribution is -2.52. The molecule has 0 saturated carbocycles. The highest BCUT2D eigenvalue weighted by Gasteiger charge is 2.33. The predicted molar refractivity (Wildman–Crippen MR) is 158 cm³/mol. The predicted octanol–water partition coefficient (Wildman–Crippen LogP) is 4.84. The minimum Gasteiger partial charge on any atom is -0.497 e. The van der Waals surface area contributed by atoms with Crippen LogP contribution in [0.1, 0.15) is 43.9 Å². The van der Waals surface area contributed by atoms with Crippen LogP contribution in [0, 0.1) is 13.8 Å². The van der Waals surface area contributed by atoms with Gasteiger partial charge in [-0.15, -0.1) is 0 Å². The molecule has 0 heterocycles. The number of carbonyl (C=O) groups is 2. The molecule has 0 aliphatic heterocycles. The molecule has 0 saturated heterocycles. The van der Waals surface area contributed by atoms with Crippen LogP contribution in [-0.4, -0.2) is 50.9 Å². The second-order valence-corrected chi connectivity index (χ2v) is 11.8. The van der Waals surface area contributed by atoms with Crippen molar-refractivity contribution >= 4 is 27.5 Å². The van der Waals surface area contributed by atoms with Crippen LogP contribution in [0.15, 0.2) is 77.7 Å². The minimum atomic E-state index is -4.11. The number of ether oxygens (including phenoxy) is 1. The van der Waals surface area contributed by atoms with E-state index < -0.39 is 28.5 Å². The molecule has 0 aromatic heterocycles. The lowest BCUT2D eigenvalue weighted by molar-refractivity contribution is -0.139. The standard InChI is InChI=1S/C31H39N3O5S/c1-7-24(4)32-31(36)25(5)33(20-26-12-10-13-27(19-26)39-6)30(35)21-34(29-14-9-8-11-23(29)3)40(37,38)28-17-15-22(2)16-18-28/h8-19,24-25H,7,20-21H2,1-6H3,(H,32,36). The highest BCUT2D eigenvalue weighted by atomic mass is 32.2. The Morgan fingerprint density at radius 1 is 0.950 bits per heavy atom. The zero-order valence-corrected chi connectivity index (χ0v) is 24.9. The van der Waals surface area contributed by atoms with Gasteiger partial charge in [-0.3, -0.25) is 13.9 Å². The molecule has 1 N–H and O–H groups in total. The number of rotatable bonds is 12. The maximum atomic E-state index is 14.0. The molecule has 214 valence electrons. The van der Waals surface area contributed by atoms with Gasteiger partial charge in [-0.1, -0.05) is 55.0 Å². The van der Waals surface area contributed by atoms with Crippen molar-refractivity contribution in [1.29, 1.82) is 0 Å². The Labute approximate surface area is 238 Å². The molecule has 9 heteroatoms. The monoisotopic (exact) mass is 565 g/mol. The van der Waals surface area contributed by atoms with Gasteiger partial charge in [-0.05, 0) is 75.6 Å². The molecule has 8 nitrogen and oxygen atoms in total. The average Bonchev–Trinajstić information content (AvgIpc) is 2.94. The normalized spacial score (nSPS) is 12.8. The van der Waals surface area contributed by atoms with Crippen molar-refractivity contribution in [1.82, 2.24) is 10.2 Å². The van der Waals surface area contributed by atoms with Crippen LogP contribution in [0.2, 0.25) is 0 Å². The molecule has 2 amide bonds. The van der Waals surface area contributed by atoms with Crippen molar-refractivity contribution in [3.05, 3.63) is 89.5 Å². The molecule has 0 fully saturated rings. The molecule has 3 aromatic rings. The number of methoxy groups -OCH3 is 1. The van der Waals surface area contributed by atoms with Gasteiger partial charge in [0, 0.05) is 12.6 Å². The molecule has 3 rings (SSSR count). The Hall–Kier alpha value is -3.85. The quantitative estimate of drug-likeness (QED) is 0.339. The summed E-state index contributed by atoms with van der Waals surface area (Å²) in [5, 5.41) is 2.94. The number of amides is 2. The largest absolute Gasteiger partial charge is 0.497 e. The highest BCUT2D eigenvalue weighted by molar-refractivity contribution is 7.92. The summed E-state index contributed by atoms with van der Waals surface area (Å²) in [6.07, 6.45) is 0.734. The van der Waals surface area contributed by atoms with Crippen molar-refractivity contribution in [3.8, 4) is 5.75 Å². The SMILES string of the molecule is CCC(C)NC(=O)C(C)N(Cc1cccc(OC)c1)C(=O)CN(c1ccccc1C)S(=O)(=O)c1ccc(C)cc1. The van der Waals surface area contributed by atoms with Crippen LogP contribution in [0.25, 0.3) is 0 Å². The fraction of sp³-hybridized carbons (Fsp3) is 0.355. The minimum absolute atomic E-state index is 0.0749. The van der Waals surface area contributed by atoms with Crippen LogP contribution in [0.5, 0.6) is 5.75 Å². The molecule has 2 unspecified atom stereocenters. The summed E-state index contributed by atoms with van der Waals surface area (Å²) in [5.41, 5.74) is 2.77. The third-order valence-electron chi connectivity index (χ3n) is 6.93. The first-order chi connectivity index (χ1) is 19.0. The van der Waals surface area contributed by atoms with E-state index in [0.717, 1.165) is 21.9 Å². The van der Waals surface area contributed by atoms with E-state index in [9.17, 15) is 18.0 Å². The number of nitrogens with one attached hydrogen (secondary N) is 1. The van der Waals surface area contributed by atoms with Gasteiger partial charge in [0.15, 0.2) is 0 Å². The zero-order chi connectivity index (χ0) is 29.4. The molecule has 0 spiro atoms. The second kappa shape index (κ2) is 13.5. The summed E-state index contributed by atoms with van der Waals surface area (Å²) >= 11 is 0. The van der Waals surface area contributed by atoms with E-state index in [4.69, 9.17) is 4.74 Å². The van der Waals surface area contributed by atoms with Crippen LogP contribution in [0.3, 0.4) is 0 Å². The van der Waals surface area contributed by atoms with E-state index >= 15 is 0 Å². The molecule has 3 aromatic carbocycles. The summed E-state index contributed by atoms with van der Waals surface area (Å²) in [4.78, 5) is 28.7. The number of para-hydroxylation sites is 1. The molecular formula is C31H39N3O5S. The first kappa shape index (κ1) is 30.7. The van der Waals surface area contributed by atoms with E-state index in [1.807, 2.05) is 39.0 Å². The molecule has 0 aliphatic rings. The molecular weight excluding hydrogens is 526 g/mol. The highest BCUT2D eigenvalue weighted by Crippen LogP contribution is 2.27. The molecule has 2 atom stereocenters. The van der Waals surface area contributed by atoms with Crippen LogP contribution < -0.4 is 14.4 Å². The third-order valence-corrected chi connectivity index (χ3v) is 8.70. The van der Waals surface area contributed by atoms with Crippen molar-refractivity contribution in [3.63, 3.8) is 0 Å². The van der Waals surface area contributed by atoms with E-state index in [1.165, 1.54) is 17.0 Å². The smallest absolute Gasteiger partial charge is 0.264 e. The Kier molecular flexibility index (Phi) is 10.3. The summed E-state index contributed by atoms with van der Waals surface area (Å²) < 4.78 is 34.4. The molecule has 0 aliphatic carbocycles. The van der Waals surface area contributed by atoms with E-state index in [1.54, 1.807) is 63.4 Å². The van der Waals surface area contributed by atoms with E-state index in [-0.39, 0.29) is 23.4 Å². The first-order valence-electron chi connectivity index (χ1n) is 13.4. The lowest BCUT2D eigenvalue weighted by atomic mass is 10.1. The van der Waals surface area contributed by atoms with Gasteiger partial charge in [0.25, 0.3) is 10.0 Å². The maximum absolute atomic E-state index is 14.0. The molecule has 0 bridgehead atoms. The van der Waals surface area contributed by atoms with Gasteiger partial charge in [-0.2, -0.15) is 0 Å². The topological polar surface area (TPSA) is 96.0 Å². The van der Waals surface area contributed by atoms with Crippen LogP contribution >= 0.6 is 0 Å². The zero-order valence-electron chi connectivity index (χ0n) is 24.0. The van der Waals surface area contributed by atoms with Gasteiger partial charge in [0.2, 0.25) is 11.8 Å².